The van der Waals surface area contributed by atoms with Crippen molar-refractivity contribution in [1.82, 2.24) is 15.3 Å². The molecular formula is C18H16ClN3O. The number of nitrogens with one attached hydrogen (secondary N) is 2. The Balaban J connectivity index is 1.64. The van der Waals surface area contributed by atoms with Gasteiger partial charge in [-0.3, -0.25) is 4.79 Å². The highest BCUT2D eigenvalue weighted by Crippen LogP contribution is 2.31. The summed E-state index contributed by atoms with van der Waals surface area (Å²) in [6.07, 6.45) is 6.39. The van der Waals surface area contributed by atoms with Crippen LogP contribution >= 0.6 is 11.6 Å². The lowest BCUT2D eigenvalue weighted by molar-refractivity contribution is 0.0932. The second-order valence-electron chi connectivity index (χ2n) is 5.84. The first-order valence-electron chi connectivity index (χ1n) is 7.74. The number of fused-ring (bicyclic) bond motifs is 2. The van der Waals surface area contributed by atoms with Gasteiger partial charge in [0.1, 0.15) is 5.65 Å². The van der Waals surface area contributed by atoms with E-state index in [0.29, 0.717) is 16.2 Å². The number of nitrogens with zero attached hydrogens (tertiary/aromatic N) is 1. The maximum atomic E-state index is 12.7. The Hall–Kier alpha value is -2.33. The second kappa shape index (κ2) is 5.70. The van der Waals surface area contributed by atoms with E-state index in [9.17, 15) is 4.79 Å². The van der Waals surface area contributed by atoms with Crippen LogP contribution in [-0.2, 0) is 6.42 Å². The molecule has 5 heteroatoms. The van der Waals surface area contributed by atoms with Gasteiger partial charge in [0, 0.05) is 17.8 Å². The van der Waals surface area contributed by atoms with Gasteiger partial charge in [-0.05, 0) is 36.5 Å². The number of carbonyl (C=O) groups excluding carboxylic acids is 1. The lowest BCUT2D eigenvalue weighted by Gasteiger charge is -2.26. The molecule has 2 aromatic heterocycles. The van der Waals surface area contributed by atoms with Crippen molar-refractivity contribution >= 4 is 28.5 Å². The number of halogens is 1. The molecule has 0 aliphatic heterocycles. The zero-order valence-electron chi connectivity index (χ0n) is 12.5. The highest BCUT2D eigenvalue weighted by atomic mass is 35.5. The number of amides is 1. The highest BCUT2D eigenvalue weighted by Gasteiger charge is 2.23. The van der Waals surface area contributed by atoms with Crippen LogP contribution in [-0.4, -0.2) is 15.9 Å². The molecule has 116 valence electrons. The van der Waals surface area contributed by atoms with Crippen LogP contribution in [0.15, 0.2) is 42.7 Å². The summed E-state index contributed by atoms with van der Waals surface area (Å²) in [6, 6.07) is 10.2. The van der Waals surface area contributed by atoms with Gasteiger partial charge >= 0.3 is 0 Å². The van der Waals surface area contributed by atoms with E-state index in [1.165, 1.54) is 17.3 Å². The molecule has 3 aromatic rings. The van der Waals surface area contributed by atoms with Crippen LogP contribution in [0.2, 0.25) is 5.02 Å². The molecule has 1 aromatic carbocycles. The van der Waals surface area contributed by atoms with Crippen molar-refractivity contribution in [3.63, 3.8) is 0 Å². The molecule has 0 radical (unpaired) electrons. The first-order chi connectivity index (χ1) is 11.2. The van der Waals surface area contributed by atoms with Crippen LogP contribution < -0.4 is 5.32 Å². The SMILES string of the molecule is O=C(NC1CCCc2ccccc21)c1cnc2[nH]ccc2c1Cl. The normalized spacial score (nSPS) is 17.0. The lowest BCUT2D eigenvalue weighted by Crippen LogP contribution is -2.31. The molecule has 1 unspecified atom stereocenters. The average Bonchev–Trinajstić information content (AvgIpc) is 3.05. The van der Waals surface area contributed by atoms with Gasteiger partial charge in [0.05, 0.1) is 16.6 Å². The summed E-state index contributed by atoms with van der Waals surface area (Å²) in [5.41, 5.74) is 3.63. The van der Waals surface area contributed by atoms with Crippen LogP contribution in [0, 0.1) is 0 Å². The van der Waals surface area contributed by atoms with E-state index in [2.05, 4.69) is 27.4 Å². The lowest BCUT2D eigenvalue weighted by atomic mass is 9.87. The number of carbonyl (C=O) groups is 1. The van der Waals surface area contributed by atoms with E-state index < -0.39 is 0 Å². The Kier molecular flexibility index (Phi) is 3.54. The maximum absolute atomic E-state index is 12.7. The fourth-order valence-corrected chi connectivity index (χ4v) is 3.56. The fraction of sp³-hybridized carbons (Fsp3) is 0.222. The zero-order valence-corrected chi connectivity index (χ0v) is 13.2. The minimum Gasteiger partial charge on any atom is -0.346 e. The number of hydrogen-bond acceptors (Lipinski definition) is 2. The Labute approximate surface area is 138 Å². The van der Waals surface area contributed by atoms with E-state index in [-0.39, 0.29) is 11.9 Å². The minimum absolute atomic E-state index is 0.0328. The van der Waals surface area contributed by atoms with Crippen LogP contribution in [0.25, 0.3) is 11.0 Å². The first kappa shape index (κ1) is 14.3. The number of H-pyrrole nitrogens is 1. The van der Waals surface area contributed by atoms with Crippen molar-refractivity contribution in [2.75, 3.05) is 0 Å². The Morgan fingerprint density at radius 1 is 1.30 bits per heavy atom. The summed E-state index contributed by atoms with van der Waals surface area (Å²) in [6.45, 7) is 0. The van der Waals surface area contributed by atoms with Gasteiger partial charge in [-0.1, -0.05) is 35.9 Å². The molecule has 0 bridgehead atoms. The van der Waals surface area contributed by atoms with E-state index in [1.54, 1.807) is 6.20 Å². The third-order valence-electron chi connectivity index (χ3n) is 4.44. The molecule has 4 rings (SSSR count). The molecule has 0 saturated carbocycles. The van der Waals surface area contributed by atoms with Crippen molar-refractivity contribution in [3.8, 4) is 0 Å². The molecule has 1 amide bonds. The van der Waals surface area contributed by atoms with Gasteiger partial charge in [-0.2, -0.15) is 0 Å². The second-order valence-corrected chi connectivity index (χ2v) is 6.22. The van der Waals surface area contributed by atoms with Crippen molar-refractivity contribution in [3.05, 3.63) is 64.4 Å². The number of benzene rings is 1. The summed E-state index contributed by atoms with van der Waals surface area (Å²) >= 11 is 6.37. The van der Waals surface area contributed by atoms with E-state index in [1.807, 2.05) is 18.2 Å². The molecule has 1 atom stereocenters. The summed E-state index contributed by atoms with van der Waals surface area (Å²) in [7, 11) is 0. The Morgan fingerprint density at radius 3 is 3.09 bits per heavy atom. The standard InChI is InChI=1S/C18H16ClN3O/c19-16-13-8-9-20-17(13)21-10-14(16)18(23)22-15-7-3-5-11-4-1-2-6-12(11)15/h1-2,4,6,8-10,15H,3,5,7H2,(H,20,21)(H,22,23). The number of aryl methyl sites for hydroxylation is 1. The van der Waals surface area contributed by atoms with E-state index in [0.717, 1.165) is 24.6 Å². The van der Waals surface area contributed by atoms with Crippen molar-refractivity contribution in [2.45, 2.75) is 25.3 Å². The van der Waals surface area contributed by atoms with Crippen molar-refractivity contribution in [1.29, 1.82) is 0 Å². The zero-order chi connectivity index (χ0) is 15.8. The molecule has 0 fully saturated rings. The molecule has 1 aliphatic carbocycles. The third kappa shape index (κ3) is 2.49. The number of aromatic nitrogens is 2. The highest BCUT2D eigenvalue weighted by molar-refractivity contribution is 6.38. The summed E-state index contributed by atoms with van der Waals surface area (Å²) in [5, 5.41) is 4.32. The number of pyridine rings is 1. The maximum Gasteiger partial charge on any atom is 0.254 e. The molecule has 2 heterocycles. The minimum atomic E-state index is -0.174. The summed E-state index contributed by atoms with van der Waals surface area (Å²) in [5.74, 6) is -0.174. The van der Waals surface area contributed by atoms with E-state index >= 15 is 0 Å². The molecule has 23 heavy (non-hydrogen) atoms. The predicted octanol–water partition coefficient (Wildman–Crippen LogP) is 4.02. The number of aromatic amines is 1. The van der Waals surface area contributed by atoms with Gasteiger partial charge in [0.25, 0.3) is 5.91 Å². The number of hydrogen-bond donors (Lipinski definition) is 2. The predicted molar refractivity (Wildman–Crippen MR) is 90.7 cm³/mol. The van der Waals surface area contributed by atoms with Crippen LogP contribution in [0.1, 0.15) is 40.4 Å². The van der Waals surface area contributed by atoms with E-state index in [4.69, 9.17) is 11.6 Å². The summed E-state index contributed by atoms with van der Waals surface area (Å²) < 4.78 is 0. The Bertz CT molecular complexity index is 887. The van der Waals surface area contributed by atoms with Crippen LogP contribution in [0.3, 0.4) is 0 Å². The molecule has 4 nitrogen and oxygen atoms in total. The molecule has 2 N–H and O–H groups in total. The fourth-order valence-electron chi connectivity index (χ4n) is 3.27. The molecule has 0 spiro atoms. The van der Waals surface area contributed by atoms with Gasteiger partial charge < -0.3 is 10.3 Å². The largest absolute Gasteiger partial charge is 0.346 e. The smallest absolute Gasteiger partial charge is 0.254 e. The summed E-state index contributed by atoms with van der Waals surface area (Å²) in [4.78, 5) is 19.9. The van der Waals surface area contributed by atoms with Crippen molar-refractivity contribution < 1.29 is 4.79 Å². The molecule has 0 saturated heterocycles. The van der Waals surface area contributed by atoms with Crippen LogP contribution in [0.4, 0.5) is 0 Å². The number of rotatable bonds is 2. The van der Waals surface area contributed by atoms with Crippen molar-refractivity contribution in [2.24, 2.45) is 0 Å². The molecule has 1 aliphatic rings. The topological polar surface area (TPSA) is 57.8 Å². The molecular weight excluding hydrogens is 310 g/mol. The van der Waals surface area contributed by atoms with Gasteiger partial charge in [0.2, 0.25) is 0 Å². The monoisotopic (exact) mass is 325 g/mol. The Morgan fingerprint density at radius 2 is 2.17 bits per heavy atom. The average molecular weight is 326 g/mol. The first-order valence-corrected chi connectivity index (χ1v) is 8.12. The van der Waals surface area contributed by atoms with Gasteiger partial charge in [-0.25, -0.2) is 4.98 Å². The van der Waals surface area contributed by atoms with Gasteiger partial charge in [0.15, 0.2) is 0 Å². The van der Waals surface area contributed by atoms with Crippen LogP contribution in [0.5, 0.6) is 0 Å². The van der Waals surface area contributed by atoms with Gasteiger partial charge in [-0.15, -0.1) is 0 Å². The third-order valence-corrected chi connectivity index (χ3v) is 4.85. The quantitative estimate of drug-likeness (QED) is 0.747.